The highest BCUT2D eigenvalue weighted by atomic mass is 32.1. The van der Waals surface area contributed by atoms with Crippen LogP contribution < -0.4 is 0 Å². The van der Waals surface area contributed by atoms with Crippen molar-refractivity contribution in [2.45, 2.75) is 0 Å². The smallest absolute Gasteiger partial charge is 0.166 e. The molecule has 0 atom stereocenters. The first-order valence-corrected chi connectivity index (χ1v) is 18.9. The Bertz CT molecular complexity index is 3640. The highest BCUT2D eigenvalue weighted by molar-refractivity contribution is 7.25. The summed E-state index contributed by atoms with van der Waals surface area (Å²) < 4.78 is 76.2. The quantitative estimate of drug-likeness (QED) is 0.170. The molecule has 0 saturated carbocycles. The van der Waals surface area contributed by atoms with Gasteiger partial charge < -0.3 is 4.57 Å². The molecule has 0 aliphatic rings. The second kappa shape index (κ2) is 13.3. The number of nitrogens with zero attached hydrogens (tertiary/aromatic N) is 4. The molecule has 0 amide bonds. The molecule has 0 saturated heterocycles. The van der Waals surface area contributed by atoms with Crippen molar-refractivity contribution in [1.29, 1.82) is 0 Å². The average molecular weight is 741 g/mol. The molecule has 0 aliphatic carbocycles. The summed E-state index contributed by atoms with van der Waals surface area (Å²) in [5.41, 5.74) is 5.52. The zero-order valence-electron chi connectivity index (χ0n) is 37.6. The van der Waals surface area contributed by atoms with Crippen LogP contribution in [0.3, 0.4) is 0 Å². The number of para-hydroxylation sites is 3. The molecule has 3 heterocycles. The van der Waals surface area contributed by atoms with Crippen LogP contribution in [0.15, 0.2) is 194 Å². The number of hydrogen-bond acceptors (Lipinski definition) is 4. The minimum absolute atomic E-state index is 0.00584. The fourth-order valence-electron chi connectivity index (χ4n) is 7.55. The molecule has 0 fully saturated rings. The third kappa shape index (κ3) is 5.40. The van der Waals surface area contributed by atoms with Crippen molar-refractivity contribution in [3.8, 4) is 62.1 Å². The summed E-state index contributed by atoms with van der Waals surface area (Å²) in [4.78, 5) is 15.4. The van der Waals surface area contributed by atoms with Gasteiger partial charge in [-0.25, -0.2) is 15.0 Å². The van der Waals surface area contributed by atoms with E-state index in [0.717, 1.165) is 48.0 Å². The molecular weight excluding hydrogens is 701 g/mol. The third-order valence-electron chi connectivity index (χ3n) is 10.1. The third-order valence-corrected chi connectivity index (χ3v) is 11.3. The molecule has 3 aromatic heterocycles. The summed E-state index contributed by atoms with van der Waals surface area (Å²) >= 11 is 1.68. The van der Waals surface area contributed by atoms with Gasteiger partial charge in [-0.15, -0.1) is 11.3 Å². The summed E-state index contributed by atoms with van der Waals surface area (Å²) in [5.74, 6) is 1.04. The van der Waals surface area contributed by atoms with Crippen molar-refractivity contribution in [3.63, 3.8) is 0 Å². The van der Waals surface area contributed by atoms with Gasteiger partial charge in [-0.05, 0) is 53.0 Å². The van der Waals surface area contributed by atoms with Crippen LogP contribution in [0.2, 0.25) is 0 Å². The van der Waals surface area contributed by atoms with E-state index in [-0.39, 0.29) is 27.6 Å². The lowest BCUT2D eigenvalue weighted by atomic mass is 9.95. The van der Waals surface area contributed by atoms with Gasteiger partial charge in [0.05, 0.1) is 27.7 Å². The van der Waals surface area contributed by atoms with Crippen molar-refractivity contribution in [3.05, 3.63) is 194 Å². The van der Waals surface area contributed by atoms with Crippen molar-refractivity contribution in [2.75, 3.05) is 0 Å². The van der Waals surface area contributed by atoms with Crippen LogP contribution in [-0.4, -0.2) is 19.5 Å². The molecule has 0 aliphatic heterocycles. The molecule has 4 nitrogen and oxygen atoms in total. The molecule has 262 valence electrons. The lowest BCUT2D eigenvalue weighted by molar-refractivity contribution is 1.07. The summed E-state index contributed by atoms with van der Waals surface area (Å²) in [6, 6.07) is 43.8. The van der Waals surface area contributed by atoms with Crippen molar-refractivity contribution in [1.82, 2.24) is 19.5 Å². The number of fused-ring (bicyclic) bond motifs is 6. The second-order valence-corrected chi connectivity index (χ2v) is 14.5. The van der Waals surface area contributed by atoms with Crippen LogP contribution in [-0.2, 0) is 0 Å². The first-order valence-electron chi connectivity index (χ1n) is 22.1. The number of aromatic nitrogens is 4. The van der Waals surface area contributed by atoms with Crippen LogP contribution in [0.1, 0.15) is 11.0 Å². The van der Waals surface area contributed by atoms with E-state index in [1.165, 1.54) is 0 Å². The van der Waals surface area contributed by atoms with Gasteiger partial charge in [-0.1, -0.05) is 158 Å². The van der Waals surface area contributed by atoms with E-state index in [2.05, 4.69) is 24.3 Å². The van der Waals surface area contributed by atoms with Crippen molar-refractivity contribution < 1.29 is 11.0 Å². The van der Waals surface area contributed by atoms with Crippen LogP contribution in [0, 0.1) is 0 Å². The van der Waals surface area contributed by atoms with Gasteiger partial charge in [0, 0.05) is 53.2 Å². The van der Waals surface area contributed by atoms with Crippen LogP contribution in [0.25, 0.3) is 104 Å². The Kier molecular flexibility index (Phi) is 5.92. The molecule has 0 N–H and O–H groups in total. The molecule has 11 aromatic rings. The van der Waals surface area contributed by atoms with Gasteiger partial charge in [0.25, 0.3) is 0 Å². The SMILES string of the molecule is [2H]c1c([2H])c([2H])c2c(c1[2H])c1c([2H])c([2H])c([2H])c([2H])c1n2-c1c(-c2cccc(-c3ccccc3)c2)cccc1-c1nc(-c2ccccc2)nc(-c2ccc3c(c2)sc2ccccc23)n1. The highest BCUT2D eigenvalue weighted by Crippen LogP contribution is 2.42. The Morgan fingerprint density at radius 1 is 0.393 bits per heavy atom. The maximum atomic E-state index is 9.42. The maximum absolute atomic E-state index is 9.42. The predicted octanol–water partition coefficient (Wildman–Crippen LogP) is 13.7. The molecular formula is C51H32N4S. The van der Waals surface area contributed by atoms with E-state index in [9.17, 15) is 5.48 Å². The Hall–Kier alpha value is -7.21. The van der Waals surface area contributed by atoms with Gasteiger partial charge in [-0.2, -0.15) is 0 Å². The van der Waals surface area contributed by atoms with Crippen LogP contribution in [0.4, 0.5) is 0 Å². The largest absolute Gasteiger partial charge is 0.308 e. The van der Waals surface area contributed by atoms with E-state index < -0.39 is 48.3 Å². The first kappa shape index (κ1) is 25.0. The van der Waals surface area contributed by atoms with E-state index in [1.807, 2.05) is 121 Å². The lowest BCUT2D eigenvalue weighted by Gasteiger charge is -2.19. The van der Waals surface area contributed by atoms with Gasteiger partial charge in [0.2, 0.25) is 0 Å². The minimum atomic E-state index is -0.516. The lowest BCUT2D eigenvalue weighted by Crippen LogP contribution is -2.05. The zero-order chi connectivity index (χ0) is 44.0. The van der Waals surface area contributed by atoms with Gasteiger partial charge in [0.15, 0.2) is 17.5 Å². The monoisotopic (exact) mass is 740 g/mol. The van der Waals surface area contributed by atoms with Crippen LogP contribution in [0.5, 0.6) is 0 Å². The average Bonchev–Trinajstić information content (AvgIpc) is 3.90. The summed E-state index contributed by atoms with van der Waals surface area (Å²) in [7, 11) is 0. The number of hydrogen-bond donors (Lipinski definition) is 0. The topological polar surface area (TPSA) is 43.6 Å². The second-order valence-electron chi connectivity index (χ2n) is 13.4. The molecule has 0 bridgehead atoms. The molecule has 56 heavy (non-hydrogen) atoms. The number of thiophene rings is 1. The summed E-state index contributed by atoms with van der Waals surface area (Å²) in [5, 5.41) is 2.24. The fourth-order valence-corrected chi connectivity index (χ4v) is 8.69. The standard InChI is InChI=1S/C51H32N4S/c1-3-15-33(16-4-1)35-19-13-20-36(31-35)38-24-14-25-43(48(38)55-44-26-10-7-21-39(44)40-22-8-11-27-45(40)55)51-53-49(34-17-5-2-6-18-34)52-50(54-51)37-29-30-42-41-23-9-12-28-46(41)56-47(42)32-37/h1-32H/i7D,8D,10D,11D,21D,22D,26D,27D. The highest BCUT2D eigenvalue weighted by Gasteiger charge is 2.23. The molecule has 0 radical (unpaired) electrons. The van der Waals surface area contributed by atoms with E-state index in [1.54, 1.807) is 15.9 Å². The molecule has 0 unspecified atom stereocenters. The van der Waals surface area contributed by atoms with Crippen molar-refractivity contribution >= 4 is 53.3 Å². The number of benzene rings is 8. The number of rotatable bonds is 6. The van der Waals surface area contributed by atoms with E-state index in [4.69, 9.17) is 20.4 Å². The van der Waals surface area contributed by atoms with E-state index >= 15 is 0 Å². The first-order chi connectivity index (χ1) is 31.1. The normalized spacial score (nSPS) is 13.6. The summed E-state index contributed by atoms with van der Waals surface area (Å²) in [6.07, 6.45) is 0. The van der Waals surface area contributed by atoms with E-state index in [0.29, 0.717) is 28.5 Å². The molecule has 5 heteroatoms. The predicted molar refractivity (Wildman–Crippen MR) is 234 cm³/mol. The maximum Gasteiger partial charge on any atom is 0.166 e. The Balaban J connectivity index is 1.28. The van der Waals surface area contributed by atoms with Gasteiger partial charge >= 0.3 is 0 Å². The summed E-state index contributed by atoms with van der Waals surface area (Å²) in [6.45, 7) is 0. The molecule has 0 spiro atoms. The molecule has 8 aromatic carbocycles. The fraction of sp³-hybridized carbons (Fsp3) is 0. The van der Waals surface area contributed by atoms with Gasteiger partial charge in [-0.3, -0.25) is 0 Å². The van der Waals surface area contributed by atoms with Crippen molar-refractivity contribution in [2.24, 2.45) is 0 Å². The Labute approximate surface area is 338 Å². The van der Waals surface area contributed by atoms with Gasteiger partial charge in [0.1, 0.15) is 0 Å². The molecule has 11 rings (SSSR count). The Morgan fingerprint density at radius 3 is 1.73 bits per heavy atom. The minimum Gasteiger partial charge on any atom is -0.308 e. The van der Waals surface area contributed by atoms with Crippen LogP contribution >= 0.6 is 11.3 Å². The Morgan fingerprint density at radius 2 is 0.964 bits per heavy atom. The zero-order valence-corrected chi connectivity index (χ0v) is 30.4.